The highest BCUT2D eigenvalue weighted by atomic mass is 19.4. The lowest BCUT2D eigenvalue weighted by Crippen LogP contribution is -2.47. The molecule has 1 saturated heterocycles. The Morgan fingerprint density at radius 1 is 1.04 bits per heavy atom. The van der Waals surface area contributed by atoms with Gasteiger partial charge in [0.15, 0.2) is 0 Å². The summed E-state index contributed by atoms with van der Waals surface area (Å²) in [4.78, 5) is 18.9. The van der Waals surface area contributed by atoms with E-state index < -0.39 is 11.9 Å². The molecule has 0 unspecified atom stereocenters. The Balaban J connectivity index is 1.71. The predicted octanol–water partition coefficient (Wildman–Crippen LogP) is 1.52. The molecule has 0 spiro atoms. The molecular formula is C15H16F3N5O. The molecule has 0 amide bonds. The molecule has 2 aromatic heterocycles. The van der Waals surface area contributed by atoms with Gasteiger partial charge in [-0.05, 0) is 12.1 Å². The minimum atomic E-state index is -4.45. The van der Waals surface area contributed by atoms with Crippen LogP contribution in [0, 0.1) is 0 Å². The third-order valence-electron chi connectivity index (χ3n) is 4.00. The van der Waals surface area contributed by atoms with E-state index in [0.717, 1.165) is 11.8 Å². The maximum atomic E-state index is 12.8. The van der Waals surface area contributed by atoms with Gasteiger partial charge in [0.2, 0.25) is 0 Å². The number of nitrogens with zero attached hydrogens (tertiary/aromatic N) is 5. The van der Waals surface area contributed by atoms with Gasteiger partial charge in [-0.3, -0.25) is 9.78 Å². The number of piperazine rings is 1. The van der Waals surface area contributed by atoms with Gasteiger partial charge in [0, 0.05) is 51.2 Å². The van der Waals surface area contributed by atoms with E-state index in [1.165, 1.54) is 16.9 Å². The smallest absolute Gasteiger partial charge is 0.368 e. The lowest BCUT2D eigenvalue weighted by molar-refractivity contribution is -0.141. The van der Waals surface area contributed by atoms with E-state index in [9.17, 15) is 18.0 Å². The molecule has 0 N–H and O–H groups in total. The summed E-state index contributed by atoms with van der Waals surface area (Å²) in [5.41, 5.74) is 0.139. The van der Waals surface area contributed by atoms with Crippen LogP contribution in [0.25, 0.3) is 0 Å². The first-order chi connectivity index (χ1) is 11.3. The number of hydrogen-bond acceptors (Lipinski definition) is 5. The largest absolute Gasteiger partial charge is 0.433 e. The average molecular weight is 339 g/mol. The fourth-order valence-corrected chi connectivity index (χ4v) is 2.63. The summed E-state index contributed by atoms with van der Waals surface area (Å²) in [5.74, 6) is 0. The van der Waals surface area contributed by atoms with E-state index in [0.29, 0.717) is 31.9 Å². The van der Waals surface area contributed by atoms with Crippen LogP contribution < -0.4 is 15.4 Å². The van der Waals surface area contributed by atoms with E-state index in [1.54, 1.807) is 19.3 Å². The number of hydrogen-bond donors (Lipinski definition) is 0. The van der Waals surface area contributed by atoms with Crippen molar-refractivity contribution in [1.82, 2.24) is 14.8 Å². The molecule has 128 valence electrons. The van der Waals surface area contributed by atoms with Crippen LogP contribution in [0.2, 0.25) is 0 Å². The van der Waals surface area contributed by atoms with Crippen LogP contribution in [0.4, 0.5) is 24.5 Å². The van der Waals surface area contributed by atoms with Crippen molar-refractivity contribution in [2.24, 2.45) is 7.05 Å². The number of aryl methyl sites for hydroxylation is 1. The number of pyridine rings is 1. The second-order valence-electron chi connectivity index (χ2n) is 5.55. The second kappa shape index (κ2) is 6.14. The van der Waals surface area contributed by atoms with E-state index in [4.69, 9.17) is 0 Å². The first-order valence-corrected chi connectivity index (χ1v) is 7.41. The van der Waals surface area contributed by atoms with Gasteiger partial charge < -0.3 is 9.80 Å². The molecule has 6 nitrogen and oxygen atoms in total. The fraction of sp³-hybridized carbons (Fsp3) is 0.400. The third kappa shape index (κ3) is 3.34. The molecular weight excluding hydrogens is 323 g/mol. The van der Waals surface area contributed by atoms with Crippen molar-refractivity contribution in [3.8, 4) is 0 Å². The Kier molecular flexibility index (Phi) is 4.16. The van der Waals surface area contributed by atoms with Gasteiger partial charge in [-0.25, -0.2) is 4.68 Å². The van der Waals surface area contributed by atoms with E-state index in [-0.39, 0.29) is 5.56 Å². The highest BCUT2D eigenvalue weighted by Crippen LogP contribution is 2.30. The second-order valence-corrected chi connectivity index (χ2v) is 5.55. The molecule has 0 radical (unpaired) electrons. The lowest BCUT2D eigenvalue weighted by Gasteiger charge is -2.37. The van der Waals surface area contributed by atoms with Crippen LogP contribution >= 0.6 is 0 Å². The monoisotopic (exact) mass is 339 g/mol. The molecule has 0 saturated carbocycles. The van der Waals surface area contributed by atoms with Gasteiger partial charge in [-0.1, -0.05) is 0 Å². The molecule has 1 fully saturated rings. The lowest BCUT2D eigenvalue weighted by atomic mass is 10.2. The van der Waals surface area contributed by atoms with Crippen molar-refractivity contribution in [3.05, 3.63) is 46.6 Å². The van der Waals surface area contributed by atoms with Crippen molar-refractivity contribution in [1.29, 1.82) is 0 Å². The maximum Gasteiger partial charge on any atom is 0.433 e. The molecule has 3 heterocycles. The summed E-state index contributed by atoms with van der Waals surface area (Å²) in [6.45, 7) is 2.30. The zero-order chi connectivity index (χ0) is 17.3. The molecule has 3 rings (SSSR count). The Morgan fingerprint density at radius 2 is 1.67 bits per heavy atom. The summed E-state index contributed by atoms with van der Waals surface area (Å²) >= 11 is 0. The SMILES string of the molecule is Cn1ncc(N2CCN(c3ccnc(C(F)(F)F)c3)CC2)cc1=O. The predicted molar refractivity (Wildman–Crippen MR) is 83.1 cm³/mol. The molecule has 2 aromatic rings. The molecule has 24 heavy (non-hydrogen) atoms. The molecule has 0 aliphatic carbocycles. The van der Waals surface area contributed by atoms with Crippen LogP contribution in [0.1, 0.15) is 5.69 Å². The third-order valence-corrected chi connectivity index (χ3v) is 4.00. The normalized spacial score (nSPS) is 15.7. The highest BCUT2D eigenvalue weighted by molar-refractivity contribution is 5.51. The van der Waals surface area contributed by atoms with Gasteiger partial charge in [0.05, 0.1) is 11.9 Å². The summed E-state index contributed by atoms with van der Waals surface area (Å²) in [6, 6.07) is 4.15. The van der Waals surface area contributed by atoms with Crippen molar-refractivity contribution in [3.63, 3.8) is 0 Å². The van der Waals surface area contributed by atoms with Gasteiger partial charge in [-0.2, -0.15) is 18.3 Å². The van der Waals surface area contributed by atoms with Gasteiger partial charge >= 0.3 is 6.18 Å². The first-order valence-electron chi connectivity index (χ1n) is 7.41. The van der Waals surface area contributed by atoms with E-state index >= 15 is 0 Å². The average Bonchev–Trinajstić information content (AvgIpc) is 2.57. The fourth-order valence-electron chi connectivity index (χ4n) is 2.63. The summed E-state index contributed by atoms with van der Waals surface area (Å²) in [5, 5.41) is 3.99. The Bertz CT molecular complexity index is 781. The van der Waals surface area contributed by atoms with Crippen molar-refractivity contribution < 1.29 is 13.2 Å². The topological polar surface area (TPSA) is 54.3 Å². The van der Waals surface area contributed by atoms with Crippen LogP contribution in [-0.4, -0.2) is 40.9 Å². The van der Waals surface area contributed by atoms with Crippen LogP contribution in [-0.2, 0) is 13.2 Å². The quantitative estimate of drug-likeness (QED) is 0.830. The number of rotatable bonds is 2. The number of aromatic nitrogens is 3. The molecule has 0 atom stereocenters. The molecule has 0 aromatic carbocycles. The Labute approximate surface area is 136 Å². The summed E-state index contributed by atoms with van der Waals surface area (Å²) < 4.78 is 39.5. The standard InChI is InChI=1S/C15H16F3N5O/c1-21-14(24)9-12(10-20-21)23-6-4-22(5-7-23)11-2-3-19-13(8-11)15(16,17)18/h2-3,8-10H,4-7H2,1H3. The Hall–Kier alpha value is -2.58. The molecule has 0 bridgehead atoms. The van der Waals surface area contributed by atoms with Crippen molar-refractivity contribution in [2.75, 3.05) is 36.0 Å². The molecule has 1 aliphatic heterocycles. The van der Waals surface area contributed by atoms with E-state index in [1.807, 2.05) is 9.80 Å². The van der Waals surface area contributed by atoms with Crippen LogP contribution in [0.15, 0.2) is 35.4 Å². The number of halogens is 3. The summed E-state index contributed by atoms with van der Waals surface area (Å²) in [6.07, 6.45) is -1.66. The van der Waals surface area contributed by atoms with Crippen molar-refractivity contribution in [2.45, 2.75) is 6.18 Å². The van der Waals surface area contributed by atoms with Gasteiger partial charge in [0.25, 0.3) is 5.56 Å². The maximum absolute atomic E-state index is 12.8. The zero-order valence-electron chi connectivity index (χ0n) is 13.0. The number of anilines is 2. The molecule has 9 heteroatoms. The Morgan fingerprint density at radius 3 is 2.25 bits per heavy atom. The number of alkyl halides is 3. The summed E-state index contributed by atoms with van der Waals surface area (Å²) in [7, 11) is 1.58. The van der Waals surface area contributed by atoms with Gasteiger partial charge in [0.1, 0.15) is 5.69 Å². The van der Waals surface area contributed by atoms with Crippen molar-refractivity contribution >= 4 is 11.4 Å². The first kappa shape index (κ1) is 16.3. The minimum absolute atomic E-state index is 0.195. The minimum Gasteiger partial charge on any atom is -0.368 e. The molecule has 1 aliphatic rings. The van der Waals surface area contributed by atoms with Crippen LogP contribution in [0.3, 0.4) is 0 Å². The zero-order valence-corrected chi connectivity index (χ0v) is 13.0. The van der Waals surface area contributed by atoms with Crippen LogP contribution in [0.5, 0.6) is 0 Å². The highest BCUT2D eigenvalue weighted by Gasteiger charge is 2.33. The van der Waals surface area contributed by atoms with E-state index in [2.05, 4.69) is 10.1 Å². The van der Waals surface area contributed by atoms with Gasteiger partial charge in [-0.15, -0.1) is 0 Å².